The second-order valence-corrected chi connectivity index (χ2v) is 8.06. The average molecular weight is 414 g/mol. The van der Waals surface area contributed by atoms with Crippen LogP contribution in [0.3, 0.4) is 0 Å². The maximum absolute atomic E-state index is 13.2. The highest BCUT2D eigenvalue weighted by atomic mass is 35.5. The number of aryl methyl sites for hydroxylation is 1. The second kappa shape index (κ2) is 7.22. The Morgan fingerprint density at radius 1 is 1.44 bits per heavy atom. The van der Waals surface area contributed by atoms with Gasteiger partial charge in [-0.2, -0.15) is 0 Å². The van der Waals surface area contributed by atoms with E-state index in [1.807, 2.05) is 0 Å². The van der Waals surface area contributed by atoms with Crippen LogP contribution in [0.5, 0.6) is 5.75 Å². The molecule has 1 unspecified atom stereocenters. The van der Waals surface area contributed by atoms with Crippen molar-refractivity contribution >= 4 is 39.1 Å². The van der Waals surface area contributed by atoms with Crippen LogP contribution < -0.4 is 14.4 Å². The largest absolute Gasteiger partial charge is 0.484 e. The van der Waals surface area contributed by atoms with Gasteiger partial charge in [0.05, 0.1) is 18.8 Å². The molecule has 2 heterocycles. The Kier molecular flexibility index (Phi) is 5.13. The summed E-state index contributed by atoms with van der Waals surface area (Å²) in [7, 11) is -4.14. The van der Waals surface area contributed by atoms with E-state index in [1.165, 1.54) is 30.5 Å². The van der Waals surface area contributed by atoms with Crippen LogP contribution in [0.4, 0.5) is 16.2 Å². The van der Waals surface area contributed by atoms with Crippen molar-refractivity contribution in [2.24, 2.45) is 0 Å². The van der Waals surface area contributed by atoms with Gasteiger partial charge >= 0.3 is 6.09 Å². The summed E-state index contributed by atoms with van der Waals surface area (Å²) in [5.41, 5.74) is 0.899. The fourth-order valence-electron chi connectivity index (χ4n) is 2.66. The fraction of sp³-hybridized carbons (Fsp3) is 0.250. The summed E-state index contributed by atoms with van der Waals surface area (Å²) in [6, 6.07) is 5.60. The van der Waals surface area contributed by atoms with Crippen molar-refractivity contribution in [3.63, 3.8) is 0 Å². The number of nitrogens with one attached hydrogen (secondary N) is 1. The minimum atomic E-state index is -4.14. The molecule has 27 heavy (non-hydrogen) atoms. The number of aliphatic hydroxyl groups excluding tert-OH is 1. The van der Waals surface area contributed by atoms with Crippen LogP contribution in [0.25, 0.3) is 0 Å². The van der Waals surface area contributed by atoms with Gasteiger partial charge in [-0.1, -0.05) is 11.6 Å². The molecule has 3 rings (SSSR count). The first-order valence-electron chi connectivity index (χ1n) is 7.78. The lowest BCUT2D eigenvalue weighted by molar-refractivity contribution is 0.116. The number of aromatic nitrogens is 1. The maximum atomic E-state index is 13.2. The first-order chi connectivity index (χ1) is 12.7. The summed E-state index contributed by atoms with van der Waals surface area (Å²) in [6.45, 7) is 1.11. The third kappa shape index (κ3) is 3.77. The predicted octanol–water partition coefficient (Wildman–Crippen LogP) is 2.08. The Hall–Kier alpha value is -2.56. The number of nitrogens with zero attached hydrogens (tertiary/aromatic N) is 2. The van der Waals surface area contributed by atoms with Crippen LogP contribution in [0.1, 0.15) is 5.56 Å². The van der Waals surface area contributed by atoms with Gasteiger partial charge in [0, 0.05) is 11.9 Å². The average Bonchev–Trinajstić information content (AvgIpc) is 2.62. The van der Waals surface area contributed by atoms with Gasteiger partial charge in [0.25, 0.3) is 10.0 Å². The van der Waals surface area contributed by atoms with Gasteiger partial charge in [0.2, 0.25) is 0 Å². The Labute approximate surface area is 160 Å². The molecular weight excluding hydrogens is 398 g/mol. The van der Waals surface area contributed by atoms with Crippen molar-refractivity contribution in [3.05, 3.63) is 41.2 Å². The minimum absolute atomic E-state index is 0.128. The van der Waals surface area contributed by atoms with E-state index in [1.54, 1.807) is 6.92 Å². The molecule has 144 valence electrons. The van der Waals surface area contributed by atoms with E-state index in [0.29, 0.717) is 5.56 Å². The Balaban J connectivity index is 2.14. The third-order valence-electron chi connectivity index (χ3n) is 3.86. The smallest absolute Gasteiger partial charge is 0.409 e. The quantitative estimate of drug-likeness (QED) is 0.654. The lowest BCUT2D eigenvalue weighted by Crippen LogP contribution is -2.45. The monoisotopic (exact) mass is 413 g/mol. The van der Waals surface area contributed by atoms with Gasteiger partial charge in [-0.05, 0) is 36.8 Å². The normalized spacial score (nSPS) is 16.4. The molecule has 3 N–H and O–H groups in total. The van der Waals surface area contributed by atoms with Crippen LogP contribution in [-0.4, -0.2) is 49.0 Å². The number of carboxylic acid groups (broad SMARTS) is 1. The summed E-state index contributed by atoms with van der Waals surface area (Å²) < 4.78 is 33.1. The molecule has 0 radical (unpaired) electrons. The highest BCUT2D eigenvalue weighted by molar-refractivity contribution is 7.93. The minimum Gasteiger partial charge on any atom is -0.484 e. The molecule has 0 aliphatic carbocycles. The number of rotatable bonds is 4. The third-order valence-corrected chi connectivity index (χ3v) is 6.06. The number of aliphatic hydroxyl groups is 1. The molecule has 0 fully saturated rings. The molecule has 11 heteroatoms. The van der Waals surface area contributed by atoms with Crippen molar-refractivity contribution in [2.45, 2.75) is 17.9 Å². The standard InChI is InChI=1S/C16H16ClN3O6S/c1-9-4-14(15(17)18-6-9)27(24,25)20-7-11(8-21)26-13-3-2-10(5-12(13)20)19-16(22)23/h2-6,11,19,21H,7-8H2,1H3,(H,22,23). The molecule has 0 saturated heterocycles. The molecule has 9 nitrogen and oxygen atoms in total. The number of carbonyl (C=O) groups is 1. The van der Waals surface area contributed by atoms with Crippen molar-refractivity contribution in [2.75, 3.05) is 22.8 Å². The lowest BCUT2D eigenvalue weighted by atomic mass is 10.2. The molecular formula is C16H16ClN3O6S. The fourth-order valence-corrected chi connectivity index (χ4v) is 4.66. The molecule has 0 saturated carbocycles. The van der Waals surface area contributed by atoms with Gasteiger partial charge in [0.1, 0.15) is 21.9 Å². The number of benzene rings is 1. The predicted molar refractivity (Wildman–Crippen MR) is 98.1 cm³/mol. The van der Waals surface area contributed by atoms with Gasteiger partial charge in [-0.25, -0.2) is 18.2 Å². The summed E-state index contributed by atoms with van der Waals surface area (Å²) in [5.74, 6) is 0.191. The summed E-state index contributed by atoms with van der Waals surface area (Å²) in [4.78, 5) is 14.6. The van der Waals surface area contributed by atoms with E-state index < -0.39 is 28.8 Å². The Morgan fingerprint density at radius 2 is 2.19 bits per heavy atom. The zero-order valence-corrected chi connectivity index (χ0v) is 15.7. The number of fused-ring (bicyclic) bond motifs is 1. The number of hydrogen-bond donors (Lipinski definition) is 3. The topological polar surface area (TPSA) is 129 Å². The number of anilines is 2. The van der Waals surface area contributed by atoms with Crippen LogP contribution in [0.2, 0.25) is 5.15 Å². The van der Waals surface area contributed by atoms with Gasteiger partial charge in [-0.3, -0.25) is 9.62 Å². The summed E-state index contributed by atoms with van der Waals surface area (Å²) in [5, 5.41) is 20.3. The van der Waals surface area contributed by atoms with Gasteiger partial charge in [-0.15, -0.1) is 0 Å². The number of pyridine rings is 1. The van der Waals surface area contributed by atoms with Crippen LogP contribution >= 0.6 is 11.6 Å². The van der Waals surface area contributed by atoms with Gasteiger partial charge < -0.3 is 14.9 Å². The van der Waals surface area contributed by atoms with Crippen molar-refractivity contribution < 1.29 is 28.2 Å². The van der Waals surface area contributed by atoms with E-state index in [0.717, 1.165) is 4.31 Å². The van der Waals surface area contributed by atoms with Gasteiger partial charge in [0.15, 0.2) is 0 Å². The Bertz CT molecular complexity index is 998. The molecule has 1 amide bonds. The van der Waals surface area contributed by atoms with Crippen LogP contribution in [0.15, 0.2) is 35.4 Å². The molecule has 2 aromatic rings. The number of halogens is 1. The number of ether oxygens (including phenoxy) is 1. The molecule has 0 spiro atoms. The number of hydrogen-bond acceptors (Lipinski definition) is 6. The van der Waals surface area contributed by atoms with Crippen molar-refractivity contribution in [1.82, 2.24) is 4.98 Å². The van der Waals surface area contributed by atoms with Crippen molar-refractivity contribution in [1.29, 1.82) is 0 Å². The SMILES string of the molecule is Cc1cnc(Cl)c(S(=O)(=O)N2CC(CO)Oc3ccc(NC(=O)O)cc32)c1. The highest BCUT2D eigenvalue weighted by Crippen LogP contribution is 2.39. The summed E-state index contributed by atoms with van der Waals surface area (Å²) in [6.07, 6.45) is -0.637. The molecule has 1 aromatic heterocycles. The Morgan fingerprint density at radius 3 is 2.85 bits per heavy atom. The zero-order valence-electron chi connectivity index (χ0n) is 14.1. The van der Waals surface area contributed by atoms with Crippen molar-refractivity contribution in [3.8, 4) is 5.75 Å². The van der Waals surface area contributed by atoms with Crippen LogP contribution in [0, 0.1) is 6.92 Å². The summed E-state index contributed by atoms with van der Waals surface area (Å²) >= 11 is 6.01. The lowest BCUT2D eigenvalue weighted by Gasteiger charge is -2.35. The molecule has 1 aliphatic rings. The van der Waals surface area contributed by atoms with E-state index >= 15 is 0 Å². The highest BCUT2D eigenvalue weighted by Gasteiger charge is 2.36. The van der Waals surface area contributed by atoms with E-state index in [9.17, 15) is 18.3 Å². The first kappa shape index (κ1) is 19.2. The molecule has 1 aromatic carbocycles. The van der Waals surface area contributed by atoms with E-state index in [2.05, 4.69) is 10.3 Å². The van der Waals surface area contributed by atoms with E-state index in [-0.39, 0.29) is 33.7 Å². The molecule has 1 aliphatic heterocycles. The van der Waals surface area contributed by atoms with Crippen LogP contribution in [-0.2, 0) is 10.0 Å². The number of amides is 1. The van der Waals surface area contributed by atoms with E-state index in [4.69, 9.17) is 21.4 Å². The zero-order chi connectivity index (χ0) is 19.8. The molecule has 1 atom stereocenters. The first-order valence-corrected chi connectivity index (χ1v) is 9.60. The molecule has 0 bridgehead atoms. The number of sulfonamides is 1. The maximum Gasteiger partial charge on any atom is 0.409 e. The second-order valence-electron chi connectivity index (χ2n) is 5.87.